The zero-order valence-corrected chi connectivity index (χ0v) is 12.8. The van der Waals surface area contributed by atoms with Gasteiger partial charge in [0, 0.05) is 0 Å². The molecule has 0 heterocycles. The first kappa shape index (κ1) is 16.9. The first-order valence-corrected chi connectivity index (χ1v) is 6.43. The molecule has 0 aliphatic carbocycles. The lowest BCUT2D eigenvalue weighted by Gasteiger charge is -2.27. The van der Waals surface area contributed by atoms with Gasteiger partial charge in [-0.3, -0.25) is 0 Å². The maximum absolute atomic E-state index is 5.77. The van der Waals surface area contributed by atoms with E-state index < -0.39 is 0 Å². The van der Waals surface area contributed by atoms with Gasteiger partial charge in [-0.2, -0.15) is 0 Å². The summed E-state index contributed by atoms with van der Waals surface area (Å²) in [6.07, 6.45) is 0.201. The van der Waals surface area contributed by atoms with Gasteiger partial charge >= 0.3 is 0 Å². The van der Waals surface area contributed by atoms with E-state index >= 15 is 0 Å². The van der Waals surface area contributed by atoms with Crippen molar-refractivity contribution in [3.8, 4) is 0 Å². The molecular formula is C14H30O3. The Morgan fingerprint density at radius 2 is 1.29 bits per heavy atom. The van der Waals surface area contributed by atoms with E-state index in [-0.39, 0.29) is 23.4 Å². The molecule has 0 radical (unpaired) electrons. The Labute approximate surface area is 107 Å². The molecule has 0 aromatic carbocycles. The molecule has 104 valence electrons. The molecule has 0 saturated heterocycles. The molecule has 0 aromatic heterocycles. The van der Waals surface area contributed by atoms with Crippen LogP contribution in [-0.4, -0.2) is 36.6 Å². The number of hydrogen-bond donors (Lipinski definition) is 0. The van der Waals surface area contributed by atoms with Crippen LogP contribution in [0.5, 0.6) is 0 Å². The first-order valence-electron chi connectivity index (χ1n) is 6.43. The summed E-state index contributed by atoms with van der Waals surface area (Å²) in [6, 6.07) is 0. The normalized spacial score (nSPS) is 16.9. The van der Waals surface area contributed by atoms with Gasteiger partial charge in [-0.25, -0.2) is 0 Å². The molecule has 2 unspecified atom stereocenters. The summed E-state index contributed by atoms with van der Waals surface area (Å²) in [7, 11) is 0. The fraction of sp³-hybridized carbons (Fsp3) is 1.00. The third kappa shape index (κ3) is 12.1. The van der Waals surface area contributed by atoms with Crippen molar-refractivity contribution in [2.45, 2.75) is 78.8 Å². The van der Waals surface area contributed by atoms with Crippen LogP contribution >= 0.6 is 0 Å². The van der Waals surface area contributed by atoms with E-state index in [0.29, 0.717) is 13.2 Å². The quantitative estimate of drug-likeness (QED) is 0.719. The predicted octanol–water partition coefficient (Wildman–Crippen LogP) is 3.41. The van der Waals surface area contributed by atoms with Gasteiger partial charge in [0.2, 0.25) is 0 Å². The Morgan fingerprint density at radius 1 is 0.765 bits per heavy atom. The highest BCUT2D eigenvalue weighted by Crippen LogP contribution is 2.12. The van der Waals surface area contributed by atoms with Crippen LogP contribution < -0.4 is 0 Å². The number of rotatable bonds is 6. The summed E-state index contributed by atoms with van der Waals surface area (Å²) >= 11 is 0. The second-order valence-electron chi connectivity index (χ2n) is 6.61. The maximum atomic E-state index is 5.77. The van der Waals surface area contributed by atoms with Crippen LogP contribution in [0, 0.1) is 0 Å². The van der Waals surface area contributed by atoms with Gasteiger partial charge in [-0.1, -0.05) is 0 Å². The fourth-order valence-corrected chi connectivity index (χ4v) is 1.35. The summed E-state index contributed by atoms with van der Waals surface area (Å²) in [5.74, 6) is 0. The lowest BCUT2D eigenvalue weighted by atomic mass is 10.2. The summed E-state index contributed by atoms with van der Waals surface area (Å²) in [5, 5.41) is 0. The third-order valence-corrected chi connectivity index (χ3v) is 1.92. The highest BCUT2D eigenvalue weighted by molar-refractivity contribution is 4.64. The van der Waals surface area contributed by atoms with E-state index in [0.717, 1.165) is 0 Å². The Bertz CT molecular complexity index is 200. The molecule has 17 heavy (non-hydrogen) atoms. The van der Waals surface area contributed by atoms with Gasteiger partial charge in [0.15, 0.2) is 0 Å². The highest BCUT2D eigenvalue weighted by Gasteiger charge is 2.17. The first-order chi connectivity index (χ1) is 7.49. The number of ether oxygens (including phenoxy) is 3. The van der Waals surface area contributed by atoms with Crippen molar-refractivity contribution in [1.82, 2.24) is 0 Å². The molecule has 0 fully saturated rings. The molecule has 2 atom stereocenters. The minimum atomic E-state index is -0.117. The standard InChI is InChI=1S/C14H30O3/c1-11(10-16-13(3,4)5)15-9-12(2)17-14(6,7)8/h11-12H,9-10H2,1-8H3. The van der Waals surface area contributed by atoms with Crippen LogP contribution in [0.3, 0.4) is 0 Å². The Balaban J connectivity index is 3.73. The smallest absolute Gasteiger partial charge is 0.0787 e. The zero-order valence-electron chi connectivity index (χ0n) is 12.8. The fourth-order valence-electron chi connectivity index (χ4n) is 1.35. The zero-order chi connectivity index (χ0) is 13.7. The molecule has 0 bridgehead atoms. The summed E-state index contributed by atoms with van der Waals surface area (Å²) in [4.78, 5) is 0. The van der Waals surface area contributed by atoms with E-state index in [1.807, 2.05) is 34.6 Å². The molecule has 0 rings (SSSR count). The SMILES string of the molecule is CC(COC(C)(C)C)OCC(C)OC(C)(C)C. The summed E-state index contributed by atoms with van der Waals surface area (Å²) in [6.45, 7) is 17.6. The van der Waals surface area contributed by atoms with Crippen molar-refractivity contribution in [3.63, 3.8) is 0 Å². The van der Waals surface area contributed by atoms with Crippen LogP contribution in [0.2, 0.25) is 0 Å². The molecule has 0 N–H and O–H groups in total. The van der Waals surface area contributed by atoms with Gasteiger partial charge in [0.1, 0.15) is 0 Å². The van der Waals surface area contributed by atoms with Gasteiger partial charge < -0.3 is 14.2 Å². The molecule has 0 aliphatic rings. The van der Waals surface area contributed by atoms with Crippen LogP contribution in [0.25, 0.3) is 0 Å². The molecule has 0 amide bonds. The van der Waals surface area contributed by atoms with E-state index in [1.54, 1.807) is 0 Å². The van der Waals surface area contributed by atoms with Crippen molar-refractivity contribution in [2.75, 3.05) is 13.2 Å². The molecule has 0 aliphatic heterocycles. The van der Waals surface area contributed by atoms with Gasteiger partial charge in [-0.05, 0) is 55.4 Å². The van der Waals surface area contributed by atoms with Crippen molar-refractivity contribution < 1.29 is 14.2 Å². The highest BCUT2D eigenvalue weighted by atomic mass is 16.6. The third-order valence-electron chi connectivity index (χ3n) is 1.92. The largest absolute Gasteiger partial charge is 0.373 e. The molecule has 0 saturated carbocycles. The van der Waals surface area contributed by atoms with Crippen molar-refractivity contribution >= 4 is 0 Å². The van der Waals surface area contributed by atoms with E-state index in [9.17, 15) is 0 Å². The van der Waals surface area contributed by atoms with Crippen LogP contribution in [0.1, 0.15) is 55.4 Å². The lowest BCUT2D eigenvalue weighted by molar-refractivity contribution is -0.115. The van der Waals surface area contributed by atoms with E-state index in [4.69, 9.17) is 14.2 Å². The second kappa shape index (κ2) is 6.72. The predicted molar refractivity (Wildman–Crippen MR) is 71.4 cm³/mol. The van der Waals surface area contributed by atoms with Crippen LogP contribution in [-0.2, 0) is 14.2 Å². The minimum absolute atomic E-state index is 0.0974. The summed E-state index contributed by atoms with van der Waals surface area (Å²) in [5.41, 5.74) is -0.223. The van der Waals surface area contributed by atoms with E-state index in [1.165, 1.54) is 0 Å². The van der Waals surface area contributed by atoms with Crippen molar-refractivity contribution in [3.05, 3.63) is 0 Å². The van der Waals surface area contributed by atoms with Gasteiger partial charge in [-0.15, -0.1) is 0 Å². The van der Waals surface area contributed by atoms with Crippen molar-refractivity contribution in [1.29, 1.82) is 0 Å². The maximum Gasteiger partial charge on any atom is 0.0787 e. The molecule has 0 spiro atoms. The second-order valence-corrected chi connectivity index (χ2v) is 6.61. The average Bonchev–Trinajstić information content (AvgIpc) is 2.07. The van der Waals surface area contributed by atoms with Gasteiger partial charge in [0.25, 0.3) is 0 Å². The number of hydrogen-bond acceptors (Lipinski definition) is 3. The molecule has 0 aromatic rings. The Kier molecular flexibility index (Phi) is 6.67. The Hall–Kier alpha value is -0.120. The topological polar surface area (TPSA) is 27.7 Å². The van der Waals surface area contributed by atoms with Crippen molar-refractivity contribution in [2.24, 2.45) is 0 Å². The Morgan fingerprint density at radius 3 is 1.71 bits per heavy atom. The molecule has 3 heteroatoms. The minimum Gasteiger partial charge on any atom is -0.373 e. The summed E-state index contributed by atoms with van der Waals surface area (Å²) < 4.78 is 17.1. The molecule has 3 nitrogen and oxygen atoms in total. The van der Waals surface area contributed by atoms with Crippen LogP contribution in [0.15, 0.2) is 0 Å². The van der Waals surface area contributed by atoms with Gasteiger partial charge in [0.05, 0.1) is 36.6 Å². The monoisotopic (exact) mass is 246 g/mol. The lowest BCUT2D eigenvalue weighted by Crippen LogP contribution is -2.32. The van der Waals surface area contributed by atoms with Crippen LogP contribution in [0.4, 0.5) is 0 Å². The molecular weight excluding hydrogens is 216 g/mol. The van der Waals surface area contributed by atoms with E-state index in [2.05, 4.69) is 20.8 Å². The average molecular weight is 246 g/mol.